The van der Waals surface area contributed by atoms with E-state index in [2.05, 4.69) is 4.72 Å². The first-order chi connectivity index (χ1) is 7.66. The van der Waals surface area contributed by atoms with Gasteiger partial charge in [0.2, 0.25) is 10.0 Å². The first kappa shape index (κ1) is 16.8. The van der Waals surface area contributed by atoms with Gasteiger partial charge in [-0.25, -0.2) is 13.1 Å². The quantitative estimate of drug-likeness (QED) is 0.636. The summed E-state index contributed by atoms with van der Waals surface area (Å²) in [6.45, 7) is 8.56. The van der Waals surface area contributed by atoms with Crippen LogP contribution in [0.15, 0.2) is 0 Å². The molecule has 104 valence electrons. The topological polar surface area (TPSA) is 75.6 Å². The Labute approximate surface area is 105 Å². The third kappa shape index (κ3) is 10.7. The van der Waals surface area contributed by atoms with Crippen LogP contribution in [0.2, 0.25) is 0 Å². The van der Waals surface area contributed by atoms with Gasteiger partial charge in [0, 0.05) is 13.2 Å². The van der Waals surface area contributed by atoms with Crippen LogP contribution in [0.1, 0.15) is 34.1 Å². The predicted molar refractivity (Wildman–Crippen MR) is 68.4 cm³/mol. The maximum Gasteiger partial charge on any atom is 0.213 e. The van der Waals surface area contributed by atoms with Crippen molar-refractivity contribution in [1.82, 2.24) is 4.72 Å². The Bertz CT molecular complexity index is 295. The normalized spacial score (nSPS) is 14.9. The summed E-state index contributed by atoms with van der Waals surface area (Å²) in [7, 11) is -3.34. The first-order valence-corrected chi connectivity index (χ1v) is 7.54. The molecule has 0 saturated heterocycles. The van der Waals surface area contributed by atoms with Crippen LogP contribution >= 0.6 is 0 Å². The second-order valence-corrected chi connectivity index (χ2v) is 7.21. The molecule has 0 saturated carbocycles. The molecule has 17 heavy (non-hydrogen) atoms. The molecule has 5 nitrogen and oxygen atoms in total. The average molecular weight is 267 g/mol. The third-order valence-electron chi connectivity index (χ3n) is 2.09. The molecule has 0 rings (SSSR count). The minimum atomic E-state index is -3.34. The maximum atomic E-state index is 11.5. The smallest absolute Gasteiger partial charge is 0.213 e. The van der Waals surface area contributed by atoms with Gasteiger partial charge in [0.1, 0.15) is 0 Å². The Morgan fingerprint density at radius 3 is 2.41 bits per heavy atom. The largest absolute Gasteiger partial charge is 0.392 e. The van der Waals surface area contributed by atoms with E-state index in [1.165, 1.54) is 0 Å². The highest BCUT2D eigenvalue weighted by Gasteiger charge is 2.18. The van der Waals surface area contributed by atoms with E-state index in [1.54, 1.807) is 0 Å². The summed E-state index contributed by atoms with van der Waals surface area (Å²) in [4.78, 5) is 0. The van der Waals surface area contributed by atoms with Crippen LogP contribution in [0.25, 0.3) is 0 Å². The van der Waals surface area contributed by atoms with Crippen molar-refractivity contribution < 1.29 is 18.3 Å². The van der Waals surface area contributed by atoms with Crippen molar-refractivity contribution in [2.24, 2.45) is 5.41 Å². The number of hydrogen-bond donors (Lipinski definition) is 2. The maximum absolute atomic E-state index is 11.5. The summed E-state index contributed by atoms with van der Waals surface area (Å²) in [5.41, 5.74) is -0.0177. The second-order valence-electron chi connectivity index (χ2n) is 5.28. The summed E-state index contributed by atoms with van der Waals surface area (Å²) in [6, 6.07) is 0. The zero-order valence-electron chi connectivity index (χ0n) is 11.2. The van der Waals surface area contributed by atoms with Crippen molar-refractivity contribution in [3.63, 3.8) is 0 Å². The highest BCUT2D eigenvalue weighted by atomic mass is 32.2. The van der Waals surface area contributed by atoms with Crippen LogP contribution in [0, 0.1) is 5.41 Å². The van der Waals surface area contributed by atoms with Gasteiger partial charge >= 0.3 is 0 Å². The number of rotatable bonds is 8. The highest BCUT2D eigenvalue weighted by molar-refractivity contribution is 7.89. The van der Waals surface area contributed by atoms with Crippen molar-refractivity contribution in [2.75, 3.05) is 25.5 Å². The molecule has 0 radical (unpaired) electrons. The molecule has 2 N–H and O–H groups in total. The van der Waals surface area contributed by atoms with Gasteiger partial charge in [0.15, 0.2) is 0 Å². The van der Waals surface area contributed by atoms with Gasteiger partial charge in [-0.05, 0) is 18.8 Å². The van der Waals surface area contributed by atoms with Gasteiger partial charge in [-0.15, -0.1) is 0 Å². The highest BCUT2D eigenvalue weighted by Crippen LogP contribution is 2.20. The Morgan fingerprint density at radius 1 is 1.35 bits per heavy atom. The van der Waals surface area contributed by atoms with Crippen molar-refractivity contribution in [3.8, 4) is 0 Å². The second kappa shape index (κ2) is 7.31. The molecular formula is C11H25NO4S. The Hall–Kier alpha value is -0.170. The van der Waals surface area contributed by atoms with Crippen molar-refractivity contribution in [2.45, 2.75) is 40.2 Å². The molecule has 0 bridgehead atoms. The van der Waals surface area contributed by atoms with Gasteiger partial charge in [0.05, 0.1) is 18.5 Å². The van der Waals surface area contributed by atoms with Crippen LogP contribution in [0.3, 0.4) is 0 Å². The monoisotopic (exact) mass is 267 g/mol. The minimum absolute atomic E-state index is 0.0177. The lowest BCUT2D eigenvalue weighted by Crippen LogP contribution is -2.36. The Morgan fingerprint density at radius 2 is 1.94 bits per heavy atom. The van der Waals surface area contributed by atoms with E-state index in [9.17, 15) is 13.5 Å². The lowest BCUT2D eigenvalue weighted by Gasteiger charge is -2.22. The van der Waals surface area contributed by atoms with Crippen molar-refractivity contribution in [3.05, 3.63) is 0 Å². The number of ether oxygens (including phenoxy) is 1. The van der Waals surface area contributed by atoms with Crippen LogP contribution in [0.5, 0.6) is 0 Å². The molecule has 0 aromatic carbocycles. The predicted octanol–water partition coefficient (Wildman–Crippen LogP) is 0.739. The molecule has 6 heteroatoms. The van der Waals surface area contributed by atoms with Crippen LogP contribution in [0.4, 0.5) is 0 Å². The van der Waals surface area contributed by atoms with Crippen molar-refractivity contribution >= 4 is 10.0 Å². The molecule has 0 spiro atoms. The van der Waals surface area contributed by atoms with Crippen LogP contribution in [-0.2, 0) is 14.8 Å². The molecule has 1 atom stereocenters. The minimum Gasteiger partial charge on any atom is -0.392 e. The molecule has 0 aromatic heterocycles. The molecule has 0 amide bonds. The summed E-state index contributed by atoms with van der Waals surface area (Å²) in [5, 5.41) is 9.66. The van der Waals surface area contributed by atoms with E-state index in [-0.39, 0.29) is 24.3 Å². The summed E-state index contributed by atoms with van der Waals surface area (Å²) < 4.78 is 30.3. The number of aliphatic hydroxyl groups is 1. The van der Waals surface area contributed by atoms with E-state index in [4.69, 9.17) is 4.74 Å². The fourth-order valence-electron chi connectivity index (χ4n) is 1.39. The molecule has 0 fully saturated rings. The molecule has 0 aliphatic carbocycles. The lowest BCUT2D eigenvalue weighted by atomic mass is 9.89. The van der Waals surface area contributed by atoms with E-state index < -0.39 is 16.1 Å². The summed E-state index contributed by atoms with van der Waals surface area (Å²) >= 11 is 0. The fraction of sp³-hybridized carbons (Fsp3) is 1.00. The van der Waals surface area contributed by atoms with E-state index in [0.717, 1.165) is 0 Å². The van der Waals surface area contributed by atoms with Crippen molar-refractivity contribution in [1.29, 1.82) is 0 Å². The number of hydrogen-bond acceptors (Lipinski definition) is 4. The Balaban J connectivity index is 3.93. The molecular weight excluding hydrogens is 242 g/mol. The zero-order chi connectivity index (χ0) is 13.5. The van der Waals surface area contributed by atoms with E-state index in [1.807, 2.05) is 27.7 Å². The Kier molecular flexibility index (Phi) is 7.23. The third-order valence-corrected chi connectivity index (χ3v) is 3.40. The van der Waals surface area contributed by atoms with E-state index in [0.29, 0.717) is 13.0 Å². The van der Waals surface area contributed by atoms with Gasteiger partial charge in [0.25, 0.3) is 0 Å². The van der Waals surface area contributed by atoms with Gasteiger partial charge in [-0.1, -0.05) is 20.8 Å². The lowest BCUT2D eigenvalue weighted by molar-refractivity contribution is 0.124. The summed E-state index contributed by atoms with van der Waals surface area (Å²) in [5.74, 6) is -0.0664. The molecule has 0 aromatic rings. The standard InChI is InChI=1S/C11H25NO4S/c1-5-16-6-7-17(14,15)12-9-10(13)8-11(2,3)4/h10,12-13H,5-9H2,1-4H3. The first-order valence-electron chi connectivity index (χ1n) is 5.89. The SMILES string of the molecule is CCOCCS(=O)(=O)NCC(O)CC(C)(C)C. The van der Waals surface area contributed by atoms with Gasteiger partial charge in [-0.2, -0.15) is 0 Å². The summed E-state index contributed by atoms with van der Waals surface area (Å²) in [6.07, 6.45) is -0.0991. The zero-order valence-corrected chi connectivity index (χ0v) is 12.0. The molecule has 0 heterocycles. The molecule has 0 aliphatic heterocycles. The van der Waals surface area contributed by atoms with E-state index >= 15 is 0 Å². The average Bonchev–Trinajstić information content (AvgIpc) is 2.13. The molecule has 0 aliphatic rings. The number of nitrogens with one attached hydrogen (secondary N) is 1. The van der Waals surface area contributed by atoms with Gasteiger partial charge in [-0.3, -0.25) is 0 Å². The molecule has 1 unspecified atom stereocenters. The fourth-order valence-corrected chi connectivity index (χ4v) is 2.32. The number of sulfonamides is 1. The van der Waals surface area contributed by atoms with Gasteiger partial charge < -0.3 is 9.84 Å². The van der Waals surface area contributed by atoms with Crippen LogP contribution < -0.4 is 4.72 Å². The van der Waals surface area contributed by atoms with Crippen LogP contribution in [-0.4, -0.2) is 45.1 Å². The number of aliphatic hydroxyl groups excluding tert-OH is 1.